The number of nitrogens with zero attached hydrogens (tertiary/aromatic N) is 1. The van der Waals surface area contributed by atoms with E-state index < -0.39 is 17.0 Å². The molecule has 1 aliphatic rings. The van der Waals surface area contributed by atoms with E-state index in [0.29, 0.717) is 24.3 Å². The number of hydrogen-bond acceptors (Lipinski definition) is 6. The fraction of sp³-hybridized carbons (Fsp3) is 0.524. The minimum atomic E-state index is -0.430. The van der Waals surface area contributed by atoms with Crippen LogP contribution in [-0.4, -0.2) is 46.4 Å². The zero-order valence-electron chi connectivity index (χ0n) is 17.4. The van der Waals surface area contributed by atoms with Crippen molar-refractivity contribution in [3.63, 3.8) is 0 Å². The molecule has 1 aromatic carbocycles. The molecule has 0 unspecified atom stereocenters. The van der Waals surface area contributed by atoms with Gasteiger partial charge in [-0.15, -0.1) is 0 Å². The molecular formula is C21H30N2O5. The van der Waals surface area contributed by atoms with Gasteiger partial charge in [-0.05, 0) is 64.3 Å². The Morgan fingerprint density at radius 2 is 1.79 bits per heavy atom. The molecule has 1 amide bonds. The van der Waals surface area contributed by atoms with Crippen molar-refractivity contribution in [2.24, 2.45) is 0 Å². The minimum Gasteiger partial charge on any atom is -0.493 e. The van der Waals surface area contributed by atoms with Gasteiger partial charge in [-0.25, -0.2) is 0 Å². The second kappa shape index (κ2) is 8.32. The van der Waals surface area contributed by atoms with Gasteiger partial charge in [-0.3, -0.25) is 9.59 Å². The van der Waals surface area contributed by atoms with Gasteiger partial charge in [0.1, 0.15) is 0 Å². The molecule has 0 spiro atoms. The number of hydroxylamine groups is 2. The van der Waals surface area contributed by atoms with E-state index in [9.17, 15) is 14.8 Å². The summed E-state index contributed by atoms with van der Waals surface area (Å²) in [5.74, 6) is 0.111. The summed E-state index contributed by atoms with van der Waals surface area (Å²) in [5, 5.41) is 14.8. The van der Waals surface area contributed by atoms with Crippen molar-refractivity contribution < 1.29 is 24.3 Å². The number of carbonyl (C=O) groups excluding carboxylic acids is 2. The first-order valence-electron chi connectivity index (χ1n) is 9.29. The fourth-order valence-corrected chi connectivity index (χ4v) is 3.82. The van der Waals surface area contributed by atoms with Gasteiger partial charge >= 0.3 is 5.97 Å². The quantitative estimate of drug-likeness (QED) is 0.456. The van der Waals surface area contributed by atoms with Crippen LogP contribution in [-0.2, 0) is 9.59 Å². The number of methoxy groups -OCH3 is 1. The van der Waals surface area contributed by atoms with Crippen LogP contribution in [0.1, 0.15) is 53.0 Å². The molecule has 0 radical (unpaired) electrons. The van der Waals surface area contributed by atoms with Gasteiger partial charge in [0.15, 0.2) is 11.5 Å². The molecule has 28 heavy (non-hydrogen) atoms. The molecule has 154 valence electrons. The van der Waals surface area contributed by atoms with Crippen molar-refractivity contribution in [2.45, 2.75) is 64.6 Å². The monoisotopic (exact) mass is 390 g/mol. The van der Waals surface area contributed by atoms with E-state index in [0.717, 1.165) is 5.56 Å². The Bertz CT molecular complexity index is 752. The van der Waals surface area contributed by atoms with Crippen LogP contribution >= 0.6 is 0 Å². The molecule has 0 aromatic heterocycles. The minimum absolute atomic E-state index is 0.0357. The smallest absolute Gasteiger partial charge is 0.308 e. The van der Waals surface area contributed by atoms with E-state index in [-0.39, 0.29) is 11.9 Å². The predicted molar refractivity (Wildman–Crippen MR) is 106 cm³/mol. The third kappa shape index (κ3) is 5.33. The Morgan fingerprint density at radius 1 is 1.18 bits per heavy atom. The SMILES string of the molecule is COc1cc(/C=C/C(=O)NC2CC(C)(C)N(O)C(C)(C)C2)ccc1OC(C)=O. The molecular weight excluding hydrogens is 360 g/mol. The lowest BCUT2D eigenvalue weighted by atomic mass is 9.79. The maximum absolute atomic E-state index is 12.4. The maximum atomic E-state index is 12.4. The Balaban J connectivity index is 2.05. The van der Waals surface area contributed by atoms with Crippen LogP contribution < -0.4 is 14.8 Å². The summed E-state index contributed by atoms with van der Waals surface area (Å²) in [6.07, 6.45) is 4.44. The first kappa shape index (κ1) is 21.9. The summed E-state index contributed by atoms with van der Waals surface area (Å²) >= 11 is 0. The summed E-state index contributed by atoms with van der Waals surface area (Å²) in [4.78, 5) is 23.5. The predicted octanol–water partition coefficient (Wildman–Crippen LogP) is 3.16. The molecule has 1 fully saturated rings. The van der Waals surface area contributed by atoms with Crippen molar-refractivity contribution in [1.29, 1.82) is 0 Å². The average molecular weight is 390 g/mol. The average Bonchev–Trinajstić information content (AvgIpc) is 2.57. The number of amides is 1. The van der Waals surface area contributed by atoms with E-state index in [2.05, 4.69) is 5.32 Å². The Kier molecular flexibility index (Phi) is 6.52. The number of benzene rings is 1. The topological polar surface area (TPSA) is 88.1 Å². The Morgan fingerprint density at radius 3 is 2.32 bits per heavy atom. The molecule has 7 nitrogen and oxygen atoms in total. The van der Waals surface area contributed by atoms with Crippen LogP contribution in [0.2, 0.25) is 0 Å². The standard InChI is InChI=1S/C21H30N2O5/c1-14(24)28-17-9-7-15(11-18(17)27-6)8-10-19(25)22-16-12-20(2,3)23(26)21(4,5)13-16/h7-11,16,26H,12-13H2,1-6H3,(H,22,25)/b10-8+. The second-order valence-corrected chi connectivity index (χ2v) is 8.39. The third-order valence-corrected chi connectivity index (χ3v) is 4.85. The number of hydrogen-bond donors (Lipinski definition) is 2. The van der Waals surface area contributed by atoms with Crippen LogP contribution in [0.3, 0.4) is 0 Å². The largest absolute Gasteiger partial charge is 0.493 e. The normalized spacial score (nSPS) is 19.4. The van der Waals surface area contributed by atoms with Crippen molar-refractivity contribution in [3.8, 4) is 11.5 Å². The van der Waals surface area contributed by atoms with Crippen molar-refractivity contribution in [3.05, 3.63) is 29.8 Å². The summed E-state index contributed by atoms with van der Waals surface area (Å²) in [7, 11) is 1.49. The molecule has 1 aromatic rings. The number of carbonyl (C=O) groups is 2. The lowest BCUT2D eigenvalue weighted by molar-refractivity contribution is -0.245. The molecule has 1 heterocycles. The number of nitrogens with one attached hydrogen (secondary N) is 1. The molecule has 1 saturated heterocycles. The van der Waals surface area contributed by atoms with Crippen molar-refractivity contribution in [2.75, 3.05) is 7.11 Å². The van der Waals surface area contributed by atoms with Gasteiger partial charge in [-0.1, -0.05) is 6.07 Å². The Hall–Kier alpha value is -2.38. The number of piperidine rings is 1. The third-order valence-electron chi connectivity index (χ3n) is 4.85. The maximum Gasteiger partial charge on any atom is 0.308 e. The van der Waals surface area contributed by atoms with Crippen LogP contribution in [0.15, 0.2) is 24.3 Å². The number of esters is 1. The summed E-state index contributed by atoms with van der Waals surface area (Å²) < 4.78 is 10.3. The molecule has 2 N–H and O–H groups in total. The van der Waals surface area contributed by atoms with Crippen molar-refractivity contribution >= 4 is 18.0 Å². The number of rotatable bonds is 5. The molecule has 0 atom stereocenters. The summed E-state index contributed by atoms with van der Waals surface area (Å²) in [6, 6.07) is 5.02. The highest BCUT2D eigenvalue weighted by Crippen LogP contribution is 2.36. The zero-order valence-corrected chi connectivity index (χ0v) is 17.4. The Labute approximate surface area is 166 Å². The van der Waals surface area contributed by atoms with Gasteiger partial charge in [0.05, 0.1) is 7.11 Å². The second-order valence-electron chi connectivity index (χ2n) is 8.39. The van der Waals surface area contributed by atoms with Gasteiger partial charge < -0.3 is 20.0 Å². The zero-order chi connectivity index (χ0) is 21.1. The highest BCUT2D eigenvalue weighted by molar-refractivity contribution is 5.92. The number of ether oxygens (including phenoxy) is 2. The lowest BCUT2D eigenvalue weighted by Crippen LogP contribution is -2.62. The summed E-state index contributed by atoms with van der Waals surface area (Å²) in [6.45, 7) is 9.15. The van der Waals surface area contributed by atoms with Gasteiger partial charge in [0, 0.05) is 30.1 Å². The van der Waals surface area contributed by atoms with E-state index in [1.54, 1.807) is 24.3 Å². The first-order chi connectivity index (χ1) is 12.9. The molecule has 7 heteroatoms. The van der Waals surface area contributed by atoms with Crippen LogP contribution in [0.5, 0.6) is 11.5 Å². The van der Waals surface area contributed by atoms with Gasteiger partial charge in [0.25, 0.3) is 0 Å². The van der Waals surface area contributed by atoms with Crippen LogP contribution in [0, 0.1) is 0 Å². The van der Waals surface area contributed by atoms with Crippen LogP contribution in [0.4, 0.5) is 0 Å². The molecule has 1 aliphatic heterocycles. The lowest BCUT2D eigenvalue weighted by Gasteiger charge is -2.51. The van der Waals surface area contributed by atoms with Gasteiger partial charge in [-0.2, -0.15) is 5.06 Å². The molecule has 0 bridgehead atoms. The van der Waals surface area contributed by atoms with E-state index in [1.165, 1.54) is 25.2 Å². The van der Waals surface area contributed by atoms with Crippen molar-refractivity contribution in [1.82, 2.24) is 10.4 Å². The van der Waals surface area contributed by atoms with Crippen LogP contribution in [0.25, 0.3) is 6.08 Å². The van der Waals surface area contributed by atoms with E-state index in [4.69, 9.17) is 9.47 Å². The summed E-state index contributed by atoms with van der Waals surface area (Å²) in [5.41, 5.74) is -0.110. The van der Waals surface area contributed by atoms with Gasteiger partial charge in [0.2, 0.25) is 5.91 Å². The molecule has 0 aliphatic carbocycles. The highest BCUT2D eigenvalue weighted by atomic mass is 16.6. The molecule has 0 saturated carbocycles. The first-order valence-corrected chi connectivity index (χ1v) is 9.29. The highest BCUT2D eigenvalue weighted by Gasteiger charge is 2.45. The van der Waals surface area contributed by atoms with E-state index >= 15 is 0 Å². The van der Waals surface area contributed by atoms with E-state index in [1.807, 2.05) is 27.7 Å². The molecule has 2 rings (SSSR count). The fourth-order valence-electron chi connectivity index (χ4n) is 3.82.